The first kappa shape index (κ1) is 14.5. The fourth-order valence-corrected chi connectivity index (χ4v) is 2.23. The molecule has 0 bridgehead atoms. The average Bonchev–Trinajstić information content (AvgIpc) is 2.28. The van der Waals surface area contributed by atoms with Gasteiger partial charge in [-0.2, -0.15) is 0 Å². The first-order valence-corrected chi connectivity index (χ1v) is 6.84. The molecule has 0 aromatic rings. The summed E-state index contributed by atoms with van der Waals surface area (Å²) in [6.07, 6.45) is 8.00. The van der Waals surface area contributed by atoms with E-state index in [1.54, 1.807) is 0 Å². The van der Waals surface area contributed by atoms with Crippen molar-refractivity contribution >= 4 is 21.8 Å². The Kier molecular flexibility index (Phi) is 5.92. The van der Waals surface area contributed by atoms with Crippen molar-refractivity contribution in [3.05, 3.63) is 22.7 Å². The molecule has 2 atom stereocenters. The number of carbonyl (C=O) groups excluding carboxylic acids is 1. The van der Waals surface area contributed by atoms with Crippen LogP contribution in [0.2, 0.25) is 0 Å². The molecular weight excluding hydrogens is 282 g/mol. The number of halogens is 1. The predicted molar refractivity (Wildman–Crippen MR) is 73.0 cm³/mol. The minimum Gasteiger partial charge on any atom is -0.368 e. The molecule has 2 unspecified atom stereocenters. The molecule has 17 heavy (non-hydrogen) atoms. The lowest BCUT2D eigenvalue weighted by Gasteiger charge is -2.29. The zero-order chi connectivity index (χ0) is 12.8. The van der Waals surface area contributed by atoms with Crippen molar-refractivity contribution in [1.82, 2.24) is 5.32 Å². The van der Waals surface area contributed by atoms with Gasteiger partial charge in [-0.3, -0.25) is 4.79 Å². The summed E-state index contributed by atoms with van der Waals surface area (Å²) in [5, 5.41) is 2.89. The van der Waals surface area contributed by atoms with Gasteiger partial charge >= 0.3 is 0 Å². The van der Waals surface area contributed by atoms with Gasteiger partial charge in [0.15, 0.2) is 0 Å². The van der Waals surface area contributed by atoms with E-state index in [9.17, 15) is 4.79 Å². The van der Waals surface area contributed by atoms with Gasteiger partial charge in [0.25, 0.3) is 0 Å². The molecule has 0 aliphatic heterocycles. The quantitative estimate of drug-likeness (QED) is 0.848. The number of rotatable bonds is 5. The van der Waals surface area contributed by atoms with Crippen molar-refractivity contribution in [3.63, 3.8) is 0 Å². The van der Waals surface area contributed by atoms with Crippen LogP contribution in [0.3, 0.4) is 0 Å². The standard InChI is InChI=1S/C13H20BrNO2/c1-4-11(5-2)17-13-8-10(14)6-7-12(13)15-9(3)16/h6-8,11-13H,4-5H2,1-3H3,(H,15,16). The van der Waals surface area contributed by atoms with Crippen molar-refractivity contribution in [3.8, 4) is 0 Å². The summed E-state index contributed by atoms with van der Waals surface area (Å²) in [5.41, 5.74) is 0. The highest BCUT2D eigenvalue weighted by atomic mass is 79.9. The summed E-state index contributed by atoms with van der Waals surface area (Å²) in [6.45, 7) is 5.74. The molecule has 0 aromatic heterocycles. The summed E-state index contributed by atoms with van der Waals surface area (Å²) in [4.78, 5) is 11.1. The van der Waals surface area contributed by atoms with Crippen molar-refractivity contribution in [2.75, 3.05) is 0 Å². The van der Waals surface area contributed by atoms with Gasteiger partial charge in [-0.25, -0.2) is 0 Å². The smallest absolute Gasteiger partial charge is 0.217 e. The van der Waals surface area contributed by atoms with Crippen LogP contribution in [0.25, 0.3) is 0 Å². The first-order valence-electron chi connectivity index (χ1n) is 6.04. The van der Waals surface area contributed by atoms with Crippen molar-refractivity contribution in [1.29, 1.82) is 0 Å². The Balaban J connectivity index is 2.69. The molecule has 0 heterocycles. The highest BCUT2D eigenvalue weighted by molar-refractivity contribution is 9.11. The van der Waals surface area contributed by atoms with E-state index in [1.807, 2.05) is 18.2 Å². The van der Waals surface area contributed by atoms with Gasteiger partial charge in [0.2, 0.25) is 5.91 Å². The number of hydrogen-bond acceptors (Lipinski definition) is 2. The molecule has 1 amide bonds. The van der Waals surface area contributed by atoms with Crippen LogP contribution in [0, 0.1) is 0 Å². The molecule has 0 aromatic carbocycles. The number of carbonyl (C=O) groups is 1. The molecule has 0 saturated carbocycles. The Morgan fingerprint density at radius 2 is 2.18 bits per heavy atom. The maximum absolute atomic E-state index is 11.1. The van der Waals surface area contributed by atoms with E-state index in [-0.39, 0.29) is 24.2 Å². The molecule has 0 spiro atoms. The normalized spacial score (nSPS) is 23.7. The second kappa shape index (κ2) is 6.97. The van der Waals surface area contributed by atoms with Crippen molar-refractivity contribution in [2.45, 2.75) is 51.9 Å². The molecule has 3 nitrogen and oxygen atoms in total. The van der Waals surface area contributed by atoms with Gasteiger partial charge in [-0.15, -0.1) is 0 Å². The summed E-state index contributed by atoms with van der Waals surface area (Å²) in [7, 11) is 0. The van der Waals surface area contributed by atoms with Crippen LogP contribution in [0.1, 0.15) is 33.6 Å². The van der Waals surface area contributed by atoms with Crippen molar-refractivity contribution < 1.29 is 9.53 Å². The minimum absolute atomic E-state index is 0.0378. The Hall–Kier alpha value is -0.610. The fraction of sp³-hybridized carbons (Fsp3) is 0.615. The molecular formula is C13H20BrNO2. The summed E-state index contributed by atoms with van der Waals surface area (Å²) in [5.74, 6) is -0.0378. The topological polar surface area (TPSA) is 38.3 Å². The Morgan fingerprint density at radius 1 is 1.53 bits per heavy atom. The second-order valence-electron chi connectivity index (χ2n) is 4.18. The zero-order valence-electron chi connectivity index (χ0n) is 10.6. The van der Waals surface area contributed by atoms with E-state index < -0.39 is 0 Å². The van der Waals surface area contributed by atoms with E-state index in [2.05, 4.69) is 35.1 Å². The van der Waals surface area contributed by atoms with E-state index in [4.69, 9.17) is 4.74 Å². The third-order valence-corrected chi connectivity index (χ3v) is 3.30. The fourth-order valence-electron chi connectivity index (χ4n) is 1.81. The lowest BCUT2D eigenvalue weighted by Crippen LogP contribution is -2.43. The maximum Gasteiger partial charge on any atom is 0.217 e. The molecule has 1 rings (SSSR count). The number of ether oxygens (including phenoxy) is 1. The molecule has 1 aliphatic rings. The van der Waals surface area contributed by atoms with Gasteiger partial charge in [0, 0.05) is 11.4 Å². The number of amides is 1. The number of hydrogen-bond donors (Lipinski definition) is 1. The van der Waals surface area contributed by atoms with Crippen LogP contribution in [0.5, 0.6) is 0 Å². The van der Waals surface area contributed by atoms with E-state index >= 15 is 0 Å². The Bertz CT molecular complexity index is 321. The van der Waals surface area contributed by atoms with Gasteiger partial charge in [0.1, 0.15) is 6.10 Å². The average molecular weight is 302 g/mol. The molecule has 0 saturated heterocycles. The first-order chi connectivity index (χ1) is 8.06. The van der Waals surface area contributed by atoms with Crippen LogP contribution in [-0.4, -0.2) is 24.2 Å². The molecule has 1 aliphatic carbocycles. The lowest BCUT2D eigenvalue weighted by molar-refractivity contribution is -0.120. The Morgan fingerprint density at radius 3 is 2.71 bits per heavy atom. The van der Waals surface area contributed by atoms with Crippen LogP contribution < -0.4 is 5.32 Å². The third-order valence-electron chi connectivity index (χ3n) is 2.77. The zero-order valence-corrected chi connectivity index (χ0v) is 12.2. The van der Waals surface area contributed by atoms with Crippen LogP contribution in [-0.2, 0) is 9.53 Å². The summed E-state index contributed by atoms with van der Waals surface area (Å²) >= 11 is 3.44. The van der Waals surface area contributed by atoms with Gasteiger partial charge in [0.05, 0.1) is 12.1 Å². The monoisotopic (exact) mass is 301 g/mol. The van der Waals surface area contributed by atoms with Crippen LogP contribution >= 0.6 is 15.9 Å². The van der Waals surface area contributed by atoms with Gasteiger partial charge in [-0.1, -0.05) is 41.9 Å². The lowest BCUT2D eigenvalue weighted by atomic mass is 10.0. The van der Waals surface area contributed by atoms with E-state index in [1.165, 1.54) is 6.92 Å². The minimum atomic E-state index is -0.0943. The van der Waals surface area contributed by atoms with E-state index in [0.29, 0.717) is 0 Å². The van der Waals surface area contributed by atoms with Crippen molar-refractivity contribution in [2.24, 2.45) is 0 Å². The number of nitrogens with one attached hydrogen (secondary N) is 1. The van der Waals surface area contributed by atoms with Crippen LogP contribution in [0.15, 0.2) is 22.7 Å². The second-order valence-corrected chi connectivity index (χ2v) is 5.09. The summed E-state index contributed by atoms with van der Waals surface area (Å²) < 4.78 is 7.00. The summed E-state index contributed by atoms with van der Waals surface area (Å²) in [6, 6.07) is -0.0746. The molecule has 0 radical (unpaired) electrons. The number of allylic oxidation sites excluding steroid dienone is 2. The highest BCUT2D eigenvalue weighted by Crippen LogP contribution is 2.21. The van der Waals surface area contributed by atoms with Crippen LogP contribution in [0.4, 0.5) is 0 Å². The van der Waals surface area contributed by atoms with Gasteiger partial charge in [-0.05, 0) is 18.9 Å². The SMILES string of the molecule is CCC(CC)OC1C=C(Br)C=CC1NC(C)=O. The highest BCUT2D eigenvalue weighted by Gasteiger charge is 2.24. The largest absolute Gasteiger partial charge is 0.368 e. The molecule has 0 fully saturated rings. The molecule has 1 N–H and O–H groups in total. The van der Waals surface area contributed by atoms with E-state index in [0.717, 1.165) is 17.3 Å². The molecule has 4 heteroatoms. The Labute approximate surface area is 111 Å². The third kappa shape index (κ3) is 4.64. The molecule has 96 valence electrons. The van der Waals surface area contributed by atoms with Gasteiger partial charge < -0.3 is 10.1 Å². The predicted octanol–water partition coefficient (Wildman–Crippen LogP) is 2.91. The maximum atomic E-state index is 11.1.